The predicted molar refractivity (Wildman–Crippen MR) is 64.1 cm³/mol. The minimum absolute atomic E-state index is 0.0104. The number of nitrogens with zero attached hydrogens (tertiary/aromatic N) is 1. The van der Waals surface area contributed by atoms with Crippen LogP contribution in [0.4, 0.5) is 10.5 Å². The van der Waals surface area contributed by atoms with Gasteiger partial charge in [0.25, 0.3) is 0 Å². The molecule has 0 atom stereocenters. The lowest BCUT2D eigenvalue weighted by Gasteiger charge is -2.07. The molecular formula is C11H14N4O2. The molecule has 2 amide bonds. The lowest BCUT2D eigenvalue weighted by atomic mass is 10.2. The van der Waals surface area contributed by atoms with Crippen molar-refractivity contribution in [2.24, 2.45) is 10.9 Å². The number of nitrogens with two attached hydrogens (primary N) is 1. The van der Waals surface area contributed by atoms with E-state index in [1.165, 1.54) is 0 Å². The first kappa shape index (κ1) is 11.3. The first-order valence-corrected chi connectivity index (χ1v) is 5.34. The van der Waals surface area contributed by atoms with Gasteiger partial charge in [-0.1, -0.05) is 17.3 Å². The van der Waals surface area contributed by atoms with Crippen LogP contribution in [0.25, 0.3) is 0 Å². The van der Waals surface area contributed by atoms with Crippen molar-refractivity contribution in [2.75, 3.05) is 5.32 Å². The van der Waals surface area contributed by atoms with E-state index in [0.717, 1.165) is 12.8 Å². The third kappa shape index (κ3) is 3.10. The molecule has 90 valence electrons. The molecular weight excluding hydrogens is 220 g/mol. The molecule has 0 bridgehead atoms. The van der Waals surface area contributed by atoms with E-state index in [1.807, 2.05) is 0 Å². The summed E-state index contributed by atoms with van der Waals surface area (Å²) in [6.07, 6.45) is 2.08. The zero-order valence-corrected chi connectivity index (χ0v) is 9.18. The average molecular weight is 234 g/mol. The van der Waals surface area contributed by atoms with Gasteiger partial charge in [0, 0.05) is 17.3 Å². The molecule has 0 aliphatic heterocycles. The highest BCUT2D eigenvalue weighted by Gasteiger charge is 2.23. The van der Waals surface area contributed by atoms with Crippen LogP contribution in [0.1, 0.15) is 18.4 Å². The summed E-state index contributed by atoms with van der Waals surface area (Å²) in [6.45, 7) is 0. The molecule has 0 spiro atoms. The van der Waals surface area contributed by atoms with Crippen LogP contribution in [0.2, 0.25) is 0 Å². The van der Waals surface area contributed by atoms with Crippen molar-refractivity contribution < 1.29 is 10.0 Å². The summed E-state index contributed by atoms with van der Waals surface area (Å²) in [6, 6.07) is 6.87. The summed E-state index contributed by atoms with van der Waals surface area (Å²) in [4.78, 5) is 11.5. The van der Waals surface area contributed by atoms with Gasteiger partial charge in [-0.05, 0) is 25.0 Å². The van der Waals surface area contributed by atoms with Gasteiger partial charge in [-0.15, -0.1) is 0 Å². The van der Waals surface area contributed by atoms with Crippen molar-refractivity contribution in [1.29, 1.82) is 0 Å². The largest absolute Gasteiger partial charge is 0.409 e. The molecule has 17 heavy (non-hydrogen) atoms. The van der Waals surface area contributed by atoms with Crippen molar-refractivity contribution in [3.8, 4) is 0 Å². The molecule has 1 fully saturated rings. The fourth-order valence-electron chi connectivity index (χ4n) is 1.39. The van der Waals surface area contributed by atoms with Gasteiger partial charge in [0.05, 0.1) is 0 Å². The first-order valence-electron chi connectivity index (χ1n) is 5.34. The Hall–Kier alpha value is -2.24. The Bertz CT molecular complexity index is 455. The minimum atomic E-state index is -0.232. The van der Waals surface area contributed by atoms with E-state index in [2.05, 4.69) is 15.8 Å². The summed E-state index contributed by atoms with van der Waals surface area (Å²) in [5.41, 5.74) is 6.61. The van der Waals surface area contributed by atoms with Gasteiger partial charge < -0.3 is 21.6 Å². The number of hydrogen-bond donors (Lipinski definition) is 4. The number of carbonyl (C=O) groups excluding carboxylic acids is 1. The van der Waals surface area contributed by atoms with Crippen molar-refractivity contribution in [1.82, 2.24) is 5.32 Å². The van der Waals surface area contributed by atoms with E-state index in [-0.39, 0.29) is 11.9 Å². The van der Waals surface area contributed by atoms with Crippen LogP contribution in [0.5, 0.6) is 0 Å². The molecule has 1 aromatic carbocycles. The number of benzene rings is 1. The summed E-state index contributed by atoms with van der Waals surface area (Å²) in [5.74, 6) is 0.0104. The third-order valence-electron chi connectivity index (χ3n) is 2.44. The number of rotatable bonds is 3. The Morgan fingerprint density at radius 3 is 2.88 bits per heavy atom. The molecule has 1 aliphatic rings. The van der Waals surface area contributed by atoms with Crippen molar-refractivity contribution in [3.05, 3.63) is 29.8 Å². The number of amides is 2. The lowest BCUT2D eigenvalue weighted by Crippen LogP contribution is -2.30. The smallest absolute Gasteiger partial charge is 0.319 e. The quantitative estimate of drug-likeness (QED) is 0.272. The van der Waals surface area contributed by atoms with Crippen molar-refractivity contribution in [3.63, 3.8) is 0 Å². The fourth-order valence-corrected chi connectivity index (χ4v) is 1.39. The zero-order chi connectivity index (χ0) is 12.3. The van der Waals surface area contributed by atoms with Crippen LogP contribution >= 0.6 is 0 Å². The Kier molecular flexibility index (Phi) is 3.13. The van der Waals surface area contributed by atoms with Gasteiger partial charge in [-0.2, -0.15) is 0 Å². The monoisotopic (exact) mass is 234 g/mol. The van der Waals surface area contributed by atoms with Crippen molar-refractivity contribution in [2.45, 2.75) is 18.9 Å². The molecule has 0 aromatic heterocycles. The number of amidine groups is 1. The van der Waals surface area contributed by atoms with Crippen LogP contribution in [0.3, 0.4) is 0 Å². The van der Waals surface area contributed by atoms with E-state index in [0.29, 0.717) is 17.3 Å². The van der Waals surface area contributed by atoms with E-state index < -0.39 is 0 Å². The molecule has 1 aliphatic carbocycles. The number of nitrogens with one attached hydrogen (secondary N) is 2. The summed E-state index contributed by atoms with van der Waals surface area (Å²) < 4.78 is 0. The third-order valence-corrected chi connectivity index (χ3v) is 2.44. The van der Waals surface area contributed by atoms with E-state index >= 15 is 0 Å². The van der Waals surface area contributed by atoms with Crippen LogP contribution in [-0.2, 0) is 0 Å². The zero-order valence-electron chi connectivity index (χ0n) is 9.18. The highest BCUT2D eigenvalue weighted by molar-refractivity contribution is 5.99. The SMILES string of the molecule is NC(=NO)c1cccc(NC(=O)NC2CC2)c1. The lowest BCUT2D eigenvalue weighted by molar-refractivity contribution is 0.251. The topological polar surface area (TPSA) is 99.7 Å². The number of anilines is 1. The molecule has 0 radical (unpaired) electrons. The second kappa shape index (κ2) is 4.73. The minimum Gasteiger partial charge on any atom is -0.409 e. The van der Waals surface area contributed by atoms with Gasteiger partial charge in [-0.3, -0.25) is 0 Å². The Balaban J connectivity index is 2.02. The van der Waals surface area contributed by atoms with Gasteiger partial charge in [0.2, 0.25) is 0 Å². The fraction of sp³-hybridized carbons (Fsp3) is 0.273. The summed E-state index contributed by atoms with van der Waals surface area (Å²) >= 11 is 0. The van der Waals surface area contributed by atoms with Crippen LogP contribution in [0.15, 0.2) is 29.4 Å². The summed E-state index contributed by atoms with van der Waals surface area (Å²) in [7, 11) is 0. The number of oxime groups is 1. The molecule has 6 nitrogen and oxygen atoms in total. The van der Waals surface area contributed by atoms with Crippen LogP contribution in [0, 0.1) is 0 Å². The number of hydrogen-bond acceptors (Lipinski definition) is 3. The maximum atomic E-state index is 11.5. The molecule has 5 N–H and O–H groups in total. The van der Waals surface area contributed by atoms with Gasteiger partial charge in [0.15, 0.2) is 5.84 Å². The second-order valence-corrected chi connectivity index (χ2v) is 3.94. The molecule has 1 saturated carbocycles. The first-order chi connectivity index (χ1) is 8.19. The van der Waals surface area contributed by atoms with E-state index in [1.54, 1.807) is 24.3 Å². The highest BCUT2D eigenvalue weighted by Crippen LogP contribution is 2.19. The predicted octanol–water partition coefficient (Wildman–Crippen LogP) is 1.06. The van der Waals surface area contributed by atoms with Gasteiger partial charge in [0.1, 0.15) is 0 Å². The highest BCUT2D eigenvalue weighted by atomic mass is 16.4. The van der Waals surface area contributed by atoms with Crippen LogP contribution < -0.4 is 16.4 Å². The number of urea groups is 1. The summed E-state index contributed by atoms with van der Waals surface area (Å²) in [5, 5.41) is 16.9. The standard InChI is InChI=1S/C11H14N4O2/c12-10(15-17)7-2-1-3-9(6-7)14-11(16)13-8-4-5-8/h1-3,6,8,17H,4-5H2,(H2,12,15)(H2,13,14,16). The van der Waals surface area contributed by atoms with Gasteiger partial charge >= 0.3 is 6.03 Å². The Morgan fingerprint density at radius 1 is 1.47 bits per heavy atom. The molecule has 2 rings (SSSR count). The van der Waals surface area contributed by atoms with E-state index in [4.69, 9.17) is 10.9 Å². The molecule has 0 heterocycles. The Morgan fingerprint density at radius 2 is 2.24 bits per heavy atom. The van der Waals surface area contributed by atoms with E-state index in [9.17, 15) is 4.79 Å². The normalized spacial score (nSPS) is 15.4. The molecule has 6 heteroatoms. The average Bonchev–Trinajstić information content (AvgIpc) is 3.12. The maximum Gasteiger partial charge on any atom is 0.319 e. The van der Waals surface area contributed by atoms with Crippen LogP contribution in [-0.4, -0.2) is 23.1 Å². The van der Waals surface area contributed by atoms with Crippen molar-refractivity contribution >= 4 is 17.6 Å². The van der Waals surface area contributed by atoms with Gasteiger partial charge in [-0.25, -0.2) is 4.79 Å². The molecule has 0 saturated heterocycles. The molecule has 1 aromatic rings. The molecule has 0 unspecified atom stereocenters. The second-order valence-electron chi connectivity index (χ2n) is 3.94. The maximum absolute atomic E-state index is 11.5. The number of carbonyl (C=O) groups is 1. The Labute approximate surface area is 98.5 Å².